The van der Waals surface area contributed by atoms with Crippen molar-refractivity contribution in [2.24, 2.45) is 0 Å². The third-order valence-electron chi connectivity index (χ3n) is 2.04. The van der Waals surface area contributed by atoms with E-state index in [1.165, 1.54) is 6.26 Å². The lowest BCUT2D eigenvalue weighted by Crippen LogP contribution is -1.99. The number of hydrogen-bond donors (Lipinski definition) is 0. The lowest BCUT2D eigenvalue weighted by molar-refractivity contribution is 0.184. The van der Waals surface area contributed by atoms with Crippen LogP contribution in [0.1, 0.15) is 11.1 Å². The fourth-order valence-corrected chi connectivity index (χ4v) is 1.92. The first kappa shape index (κ1) is 11.2. The van der Waals surface area contributed by atoms with E-state index in [2.05, 4.69) is 0 Å². The summed E-state index contributed by atoms with van der Waals surface area (Å²) in [4.78, 5) is 0.356. The zero-order valence-corrected chi connectivity index (χ0v) is 9.39. The maximum absolute atomic E-state index is 11.2. The molecule has 0 heterocycles. The molecule has 3 nitrogen and oxygen atoms in total. The van der Waals surface area contributed by atoms with Gasteiger partial charge in [0.1, 0.15) is 0 Å². The number of benzene rings is 1. The minimum absolute atomic E-state index is 0.356. The SMILES string of the molecule is COCc1ccc(S(C)(=O)=O)cc1C. The molecule has 0 N–H and O–H groups in total. The van der Waals surface area contributed by atoms with Gasteiger partial charge in [0.2, 0.25) is 0 Å². The van der Waals surface area contributed by atoms with Gasteiger partial charge < -0.3 is 4.74 Å². The van der Waals surface area contributed by atoms with Crippen LogP contribution in [-0.2, 0) is 21.2 Å². The third-order valence-corrected chi connectivity index (χ3v) is 3.15. The van der Waals surface area contributed by atoms with E-state index >= 15 is 0 Å². The Morgan fingerprint density at radius 2 is 2.00 bits per heavy atom. The molecule has 0 saturated heterocycles. The van der Waals surface area contributed by atoms with Crippen molar-refractivity contribution in [3.05, 3.63) is 29.3 Å². The Kier molecular flexibility index (Phi) is 3.29. The zero-order chi connectivity index (χ0) is 10.8. The molecule has 0 unspecified atom stereocenters. The summed E-state index contributed by atoms with van der Waals surface area (Å²) in [5.74, 6) is 0. The summed E-state index contributed by atoms with van der Waals surface area (Å²) >= 11 is 0. The van der Waals surface area contributed by atoms with Gasteiger partial charge >= 0.3 is 0 Å². The first-order valence-corrected chi connectivity index (χ1v) is 6.13. The van der Waals surface area contributed by atoms with Crippen molar-refractivity contribution < 1.29 is 13.2 Å². The fraction of sp³-hybridized carbons (Fsp3) is 0.400. The average Bonchev–Trinajstić information content (AvgIpc) is 2.07. The molecular weight excluding hydrogens is 200 g/mol. The molecule has 0 aliphatic carbocycles. The molecule has 1 aromatic rings. The topological polar surface area (TPSA) is 43.4 Å². The first-order chi connectivity index (χ1) is 6.45. The molecule has 0 bridgehead atoms. The molecule has 0 radical (unpaired) electrons. The normalized spacial score (nSPS) is 11.6. The van der Waals surface area contributed by atoms with Gasteiger partial charge in [-0.2, -0.15) is 0 Å². The van der Waals surface area contributed by atoms with Crippen molar-refractivity contribution in [3.63, 3.8) is 0 Å². The molecule has 0 amide bonds. The van der Waals surface area contributed by atoms with Crippen molar-refractivity contribution in [1.29, 1.82) is 0 Å². The molecule has 14 heavy (non-hydrogen) atoms. The Balaban J connectivity index is 3.13. The summed E-state index contributed by atoms with van der Waals surface area (Å²) in [6.07, 6.45) is 1.21. The predicted octanol–water partition coefficient (Wildman–Crippen LogP) is 1.54. The van der Waals surface area contributed by atoms with Gasteiger partial charge in [-0.15, -0.1) is 0 Å². The number of ether oxygens (including phenoxy) is 1. The van der Waals surface area contributed by atoms with E-state index in [0.29, 0.717) is 11.5 Å². The first-order valence-electron chi connectivity index (χ1n) is 4.23. The predicted molar refractivity (Wildman–Crippen MR) is 55.0 cm³/mol. The second kappa shape index (κ2) is 4.11. The molecule has 0 aromatic heterocycles. The van der Waals surface area contributed by atoms with Crippen LogP contribution in [0, 0.1) is 6.92 Å². The number of aryl methyl sites for hydroxylation is 1. The zero-order valence-electron chi connectivity index (χ0n) is 8.57. The van der Waals surface area contributed by atoms with E-state index in [4.69, 9.17) is 4.74 Å². The van der Waals surface area contributed by atoms with E-state index < -0.39 is 9.84 Å². The Hall–Kier alpha value is -0.870. The van der Waals surface area contributed by atoms with Crippen LogP contribution in [0.2, 0.25) is 0 Å². The maximum atomic E-state index is 11.2. The van der Waals surface area contributed by atoms with E-state index in [-0.39, 0.29) is 0 Å². The van der Waals surface area contributed by atoms with Gasteiger partial charge in [-0.3, -0.25) is 0 Å². The Bertz CT molecular complexity index is 421. The van der Waals surface area contributed by atoms with Gasteiger partial charge in [0, 0.05) is 13.4 Å². The highest BCUT2D eigenvalue weighted by Crippen LogP contribution is 2.15. The Labute approximate surface area is 84.6 Å². The maximum Gasteiger partial charge on any atom is 0.175 e. The summed E-state index contributed by atoms with van der Waals surface area (Å²) in [6.45, 7) is 2.39. The van der Waals surface area contributed by atoms with Crippen LogP contribution in [0.25, 0.3) is 0 Å². The molecule has 1 aromatic carbocycles. The summed E-state index contributed by atoms with van der Waals surface area (Å²) in [5.41, 5.74) is 1.95. The number of hydrogen-bond acceptors (Lipinski definition) is 3. The highest BCUT2D eigenvalue weighted by atomic mass is 32.2. The highest BCUT2D eigenvalue weighted by molar-refractivity contribution is 7.90. The smallest absolute Gasteiger partial charge is 0.175 e. The molecule has 1 rings (SSSR count). The molecule has 0 saturated carbocycles. The number of rotatable bonds is 3. The van der Waals surface area contributed by atoms with E-state index in [1.807, 2.05) is 6.92 Å². The molecule has 0 atom stereocenters. The van der Waals surface area contributed by atoms with E-state index in [9.17, 15) is 8.42 Å². The Morgan fingerprint density at radius 3 is 2.43 bits per heavy atom. The van der Waals surface area contributed by atoms with Crippen LogP contribution in [0.15, 0.2) is 23.1 Å². The molecule has 0 aliphatic heterocycles. The average molecular weight is 214 g/mol. The molecule has 4 heteroatoms. The van der Waals surface area contributed by atoms with Crippen LogP contribution in [0.5, 0.6) is 0 Å². The molecule has 0 fully saturated rings. The largest absolute Gasteiger partial charge is 0.380 e. The van der Waals surface area contributed by atoms with Gasteiger partial charge in [0.15, 0.2) is 9.84 Å². The van der Waals surface area contributed by atoms with E-state index in [0.717, 1.165) is 11.1 Å². The van der Waals surface area contributed by atoms with Crippen molar-refractivity contribution in [2.75, 3.05) is 13.4 Å². The highest BCUT2D eigenvalue weighted by Gasteiger charge is 2.08. The second-order valence-electron chi connectivity index (χ2n) is 3.29. The van der Waals surface area contributed by atoms with Gasteiger partial charge in [-0.1, -0.05) is 6.07 Å². The van der Waals surface area contributed by atoms with Crippen LogP contribution in [0.3, 0.4) is 0 Å². The number of sulfone groups is 1. The van der Waals surface area contributed by atoms with Crippen LogP contribution in [0.4, 0.5) is 0 Å². The molecule has 0 spiro atoms. The molecular formula is C10H14O3S. The van der Waals surface area contributed by atoms with Gasteiger partial charge in [0.05, 0.1) is 11.5 Å². The lowest BCUT2D eigenvalue weighted by Gasteiger charge is -2.06. The minimum Gasteiger partial charge on any atom is -0.380 e. The quantitative estimate of drug-likeness (QED) is 0.766. The van der Waals surface area contributed by atoms with Crippen LogP contribution < -0.4 is 0 Å². The van der Waals surface area contributed by atoms with Crippen molar-refractivity contribution in [1.82, 2.24) is 0 Å². The summed E-state index contributed by atoms with van der Waals surface area (Å²) in [5, 5.41) is 0. The summed E-state index contributed by atoms with van der Waals surface area (Å²) in [6, 6.07) is 5.07. The Morgan fingerprint density at radius 1 is 1.36 bits per heavy atom. The van der Waals surface area contributed by atoms with Crippen LogP contribution >= 0.6 is 0 Å². The monoisotopic (exact) mass is 214 g/mol. The molecule has 0 aliphatic rings. The summed E-state index contributed by atoms with van der Waals surface area (Å²) < 4.78 is 27.4. The lowest BCUT2D eigenvalue weighted by atomic mass is 10.1. The summed E-state index contributed by atoms with van der Waals surface area (Å²) in [7, 11) is -1.48. The fourth-order valence-electron chi connectivity index (χ4n) is 1.22. The van der Waals surface area contributed by atoms with Gasteiger partial charge in [-0.05, 0) is 30.2 Å². The van der Waals surface area contributed by atoms with Crippen LogP contribution in [-0.4, -0.2) is 21.8 Å². The second-order valence-corrected chi connectivity index (χ2v) is 5.31. The molecule has 78 valence electrons. The minimum atomic E-state index is -3.10. The van der Waals surface area contributed by atoms with Crippen molar-refractivity contribution in [2.45, 2.75) is 18.4 Å². The van der Waals surface area contributed by atoms with Gasteiger partial charge in [0.25, 0.3) is 0 Å². The third kappa shape index (κ3) is 2.56. The standard InChI is InChI=1S/C10H14O3S/c1-8-6-10(14(3,11)12)5-4-9(8)7-13-2/h4-6H,7H2,1-3H3. The van der Waals surface area contributed by atoms with Gasteiger partial charge in [-0.25, -0.2) is 8.42 Å². The van der Waals surface area contributed by atoms with Crippen molar-refractivity contribution in [3.8, 4) is 0 Å². The number of methoxy groups -OCH3 is 1. The van der Waals surface area contributed by atoms with Crippen molar-refractivity contribution >= 4 is 9.84 Å². The van der Waals surface area contributed by atoms with E-state index in [1.54, 1.807) is 25.3 Å².